The number of fused-ring (bicyclic) bond motifs is 3. The maximum atomic E-state index is 16.8. The summed E-state index contributed by atoms with van der Waals surface area (Å²) in [5.74, 6) is 1.47. The molecule has 0 bridgehead atoms. The minimum Gasteiger partial charge on any atom is -0.508 e. The number of nitrogens with zero attached hydrogens (tertiary/aromatic N) is 5. The summed E-state index contributed by atoms with van der Waals surface area (Å²) >= 11 is 0. The van der Waals surface area contributed by atoms with Gasteiger partial charge in [-0.1, -0.05) is 12.0 Å². The van der Waals surface area contributed by atoms with Gasteiger partial charge in [-0.25, -0.2) is 8.78 Å². The van der Waals surface area contributed by atoms with E-state index in [-0.39, 0.29) is 57.0 Å². The van der Waals surface area contributed by atoms with Crippen molar-refractivity contribution < 1.29 is 28.1 Å². The Kier molecular flexibility index (Phi) is 6.97. The molecule has 11 heteroatoms. The van der Waals surface area contributed by atoms with Gasteiger partial charge in [0.15, 0.2) is 5.82 Å². The van der Waals surface area contributed by atoms with Crippen LogP contribution in [0, 0.1) is 29.4 Å². The van der Waals surface area contributed by atoms with Crippen LogP contribution in [0.4, 0.5) is 14.6 Å². The maximum Gasteiger partial charge on any atom is 0.319 e. The highest BCUT2D eigenvalue weighted by molar-refractivity contribution is 6.03. The van der Waals surface area contributed by atoms with Crippen LogP contribution in [-0.2, 0) is 9.47 Å². The number of halogens is 2. The molecule has 4 aliphatic rings. The van der Waals surface area contributed by atoms with Crippen LogP contribution in [0.1, 0.15) is 31.2 Å². The zero-order valence-corrected chi connectivity index (χ0v) is 24.8. The second-order valence-corrected chi connectivity index (χ2v) is 12.6. The summed E-state index contributed by atoms with van der Waals surface area (Å²) in [6, 6.07) is 5.77. The van der Waals surface area contributed by atoms with E-state index < -0.39 is 11.6 Å². The first-order valence-electron chi connectivity index (χ1n) is 15.5. The highest BCUT2D eigenvalue weighted by Crippen LogP contribution is 2.47. The van der Waals surface area contributed by atoms with E-state index in [0.29, 0.717) is 36.3 Å². The van der Waals surface area contributed by atoms with E-state index in [1.807, 2.05) is 0 Å². The van der Waals surface area contributed by atoms with Crippen LogP contribution >= 0.6 is 0 Å². The number of hydrogen-bond donors (Lipinski definition) is 1. The van der Waals surface area contributed by atoms with Crippen LogP contribution in [0.5, 0.6) is 11.8 Å². The predicted octanol–water partition coefficient (Wildman–Crippen LogP) is 4.67. The molecule has 2 aromatic carbocycles. The molecule has 2 aliphatic carbocycles. The van der Waals surface area contributed by atoms with Crippen LogP contribution in [0.15, 0.2) is 30.5 Å². The number of aromatic hydroxyl groups is 1. The predicted molar refractivity (Wildman–Crippen MR) is 164 cm³/mol. The number of morpholine rings is 1. The van der Waals surface area contributed by atoms with Crippen molar-refractivity contribution in [2.24, 2.45) is 5.41 Å². The van der Waals surface area contributed by atoms with E-state index >= 15 is 4.39 Å². The number of phenols is 1. The SMILES string of the molecule is C#Cc1c(F)ccc2cc(O)cc(-c3ncc4c(N5CCCO[C@@H]6C[C@@H]65)nc(OCC5(CN6CCOCC6)CC5)nc4c3F)c12. The van der Waals surface area contributed by atoms with Gasteiger partial charge in [0.05, 0.1) is 42.9 Å². The molecule has 8 rings (SSSR count). The minimum atomic E-state index is -0.729. The summed E-state index contributed by atoms with van der Waals surface area (Å²) < 4.78 is 49.3. The molecule has 4 heterocycles. The standard InChI is InChI=1S/C34H33F2N5O4/c1-2-22-25(35)5-4-20-14-21(42)15-23(28(20)22)30-29(36)31-24(17-37-30)32(41-8-3-11-44-27-16-26(27)41)39-33(38-31)45-19-34(6-7-34)18-40-9-12-43-13-10-40/h1,4-5,14-15,17,26-27,42H,3,6-13,16,18-19H2/t26-,27+/m0/s1. The lowest BCUT2D eigenvalue weighted by Crippen LogP contribution is -2.41. The molecule has 4 aromatic rings. The molecule has 0 radical (unpaired) electrons. The Morgan fingerprint density at radius 2 is 1.96 bits per heavy atom. The molecule has 2 atom stereocenters. The molecular formula is C34H33F2N5O4. The number of phenolic OH excluding ortho intramolecular Hbond substituents is 1. The van der Waals surface area contributed by atoms with Crippen molar-refractivity contribution in [1.29, 1.82) is 0 Å². The summed E-state index contributed by atoms with van der Waals surface area (Å²) in [6.45, 7) is 5.94. The van der Waals surface area contributed by atoms with Gasteiger partial charge in [-0.15, -0.1) is 6.42 Å². The number of rotatable bonds is 7. The Morgan fingerprint density at radius 3 is 2.76 bits per heavy atom. The fraction of sp³-hybridized carbons (Fsp3) is 0.441. The topological polar surface area (TPSA) is 93.1 Å². The molecule has 9 nitrogen and oxygen atoms in total. The molecule has 232 valence electrons. The lowest BCUT2D eigenvalue weighted by molar-refractivity contribution is 0.0231. The largest absolute Gasteiger partial charge is 0.508 e. The Hall–Kier alpha value is -4.11. The fourth-order valence-electron chi connectivity index (χ4n) is 6.79. The van der Waals surface area contributed by atoms with Crippen LogP contribution in [0.2, 0.25) is 0 Å². The fourth-order valence-corrected chi connectivity index (χ4v) is 6.79. The van der Waals surface area contributed by atoms with Gasteiger partial charge in [-0.2, -0.15) is 9.97 Å². The van der Waals surface area contributed by atoms with Crippen molar-refractivity contribution >= 4 is 27.5 Å². The van der Waals surface area contributed by atoms with Gasteiger partial charge >= 0.3 is 6.01 Å². The lowest BCUT2D eigenvalue weighted by Gasteiger charge is -2.30. The molecule has 0 unspecified atom stereocenters. The number of benzene rings is 2. The zero-order chi connectivity index (χ0) is 30.7. The zero-order valence-electron chi connectivity index (χ0n) is 24.8. The smallest absolute Gasteiger partial charge is 0.319 e. The Bertz CT molecular complexity index is 1850. The van der Waals surface area contributed by atoms with Gasteiger partial charge in [0.1, 0.15) is 28.6 Å². The van der Waals surface area contributed by atoms with E-state index in [2.05, 4.69) is 25.7 Å². The van der Waals surface area contributed by atoms with Crippen molar-refractivity contribution in [2.75, 3.05) is 57.5 Å². The number of hydrogen-bond acceptors (Lipinski definition) is 9. The first-order valence-corrected chi connectivity index (χ1v) is 15.5. The molecule has 2 saturated heterocycles. The first-order chi connectivity index (χ1) is 21.9. The van der Waals surface area contributed by atoms with Crippen molar-refractivity contribution in [3.8, 4) is 35.4 Å². The molecule has 2 aliphatic heterocycles. The van der Waals surface area contributed by atoms with Gasteiger partial charge in [0.25, 0.3) is 0 Å². The Morgan fingerprint density at radius 1 is 1.11 bits per heavy atom. The molecule has 0 amide bonds. The second-order valence-electron chi connectivity index (χ2n) is 12.6. The summed E-state index contributed by atoms with van der Waals surface area (Å²) in [5, 5.41) is 11.7. The number of pyridine rings is 1. The quantitative estimate of drug-likeness (QED) is 0.299. The molecule has 45 heavy (non-hydrogen) atoms. The highest BCUT2D eigenvalue weighted by Gasteiger charge is 2.47. The van der Waals surface area contributed by atoms with Crippen molar-refractivity contribution in [2.45, 2.75) is 37.8 Å². The van der Waals surface area contributed by atoms with Crippen LogP contribution in [0.25, 0.3) is 32.9 Å². The van der Waals surface area contributed by atoms with Gasteiger partial charge in [-0.05, 0) is 49.3 Å². The number of ether oxygens (including phenoxy) is 3. The van der Waals surface area contributed by atoms with Gasteiger partial charge in [0, 0.05) is 55.3 Å². The average Bonchev–Trinajstić information content (AvgIpc) is 3.97. The highest BCUT2D eigenvalue weighted by atomic mass is 19.1. The van der Waals surface area contributed by atoms with E-state index in [9.17, 15) is 9.50 Å². The Balaban J connectivity index is 1.23. The lowest BCUT2D eigenvalue weighted by atomic mass is 9.96. The third kappa shape index (κ3) is 5.21. The van der Waals surface area contributed by atoms with Gasteiger partial charge in [-0.3, -0.25) is 9.88 Å². The Labute approximate surface area is 259 Å². The summed E-state index contributed by atoms with van der Waals surface area (Å²) in [5.41, 5.74) is 0.0837. The molecular weight excluding hydrogens is 580 g/mol. The summed E-state index contributed by atoms with van der Waals surface area (Å²) in [4.78, 5) is 18.5. The van der Waals surface area contributed by atoms with E-state index in [4.69, 9.17) is 25.6 Å². The number of anilines is 1. The van der Waals surface area contributed by atoms with Gasteiger partial charge in [0.2, 0.25) is 0 Å². The monoisotopic (exact) mass is 613 g/mol. The first kappa shape index (κ1) is 28.4. The number of terminal acetylenes is 1. The van der Waals surface area contributed by atoms with Gasteiger partial charge < -0.3 is 24.2 Å². The van der Waals surface area contributed by atoms with Crippen LogP contribution < -0.4 is 9.64 Å². The van der Waals surface area contributed by atoms with Crippen LogP contribution in [-0.4, -0.2) is 89.7 Å². The van der Waals surface area contributed by atoms with Crippen LogP contribution in [0.3, 0.4) is 0 Å². The summed E-state index contributed by atoms with van der Waals surface area (Å²) in [7, 11) is 0. The van der Waals surface area contributed by atoms with E-state index in [0.717, 1.165) is 58.5 Å². The second kappa shape index (κ2) is 11.1. The van der Waals surface area contributed by atoms with Crippen molar-refractivity contribution in [1.82, 2.24) is 19.9 Å². The molecule has 2 aromatic heterocycles. The van der Waals surface area contributed by atoms with E-state index in [1.165, 1.54) is 24.3 Å². The van der Waals surface area contributed by atoms with Crippen molar-refractivity contribution in [3.63, 3.8) is 0 Å². The third-order valence-corrected chi connectivity index (χ3v) is 9.47. The minimum absolute atomic E-state index is 0.00593. The van der Waals surface area contributed by atoms with E-state index in [1.54, 1.807) is 6.20 Å². The molecule has 1 N–H and O–H groups in total. The molecule has 0 spiro atoms. The molecule has 4 fully saturated rings. The van der Waals surface area contributed by atoms with Crippen molar-refractivity contribution in [3.05, 3.63) is 47.7 Å². The maximum absolute atomic E-state index is 16.8. The third-order valence-electron chi connectivity index (χ3n) is 9.47. The average molecular weight is 614 g/mol. The number of aromatic nitrogens is 3. The normalized spacial score (nSPS) is 22.6. The summed E-state index contributed by atoms with van der Waals surface area (Å²) in [6.07, 6.45) is 11.1. The molecule has 2 saturated carbocycles.